The molecular formula is C31H36N8O2. The minimum absolute atomic E-state index is 0.164. The number of carbonyl (C=O) groups is 1. The van der Waals surface area contributed by atoms with Crippen LogP contribution in [-0.4, -0.2) is 71.9 Å². The van der Waals surface area contributed by atoms with Crippen LogP contribution in [0.2, 0.25) is 0 Å². The van der Waals surface area contributed by atoms with E-state index in [0.29, 0.717) is 23.1 Å². The lowest BCUT2D eigenvalue weighted by molar-refractivity contribution is -0.111. The lowest BCUT2D eigenvalue weighted by Crippen LogP contribution is -2.59. The summed E-state index contributed by atoms with van der Waals surface area (Å²) in [4.78, 5) is 25.8. The molecule has 0 radical (unpaired) electrons. The van der Waals surface area contributed by atoms with Gasteiger partial charge in [0.2, 0.25) is 11.9 Å². The molecule has 2 heterocycles. The second-order valence-electron chi connectivity index (χ2n) is 11.4. The van der Waals surface area contributed by atoms with Gasteiger partial charge in [-0.1, -0.05) is 24.8 Å². The van der Waals surface area contributed by atoms with Crippen molar-refractivity contribution < 1.29 is 9.53 Å². The van der Waals surface area contributed by atoms with Crippen LogP contribution in [0.5, 0.6) is 5.75 Å². The maximum absolute atomic E-state index is 12.3. The molecular weight excluding hydrogens is 516 g/mol. The minimum atomic E-state index is -0.298. The fraction of sp³-hybridized carbons (Fsp3) is 0.355. The summed E-state index contributed by atoms with van der Waals surface area (Å²) in [6.45, 7) is 5.21. The van der Waals surface area contributed by atoms with Crippen molar-refractivity contribution in [2.45, 2.75) is 24.8 Å². The Kier molecular flexibility index (Phi) is 6.86. The van der Waals surface area contributed by atoms with Crippen LogP contribution >= 0.6 is 0 Å². The van der Waals surface area contributed by atoms with E-state index in [2.05, 4.69) is 54.9 Å². The van der Waals surface area contributed by atoms with E-state index in [1.54, 1.807) is 13.3 Å². The molecule has 4 aromatic rings. The molecule has 41 heavy (non-hydrogen) atoms. The molecule has 0 atom stereocenters. The van der Waals surface area contributed by atoms with E-state index in [4.69, 9.17) is 14.8 Å². The molecule has 1 amide bonds. The van der Waals surface area contributed by atoms with Gasteiger partial charge in [-0.15, -0.1) is 0 Å². The van der Waals surface area contributed by atoms with Crippen LogP contribution in [0.3, 0.4) is 0 Å². The molecule has 10 heteroatoms. The molecule has 0 spiro atoms. The Hall–Kier alpha value is -4.44. The molecule has 212 valence electrons. The highest BCUT2D eigenvalue weighted by molar-refractivity contribution is 6.02. The summed E-state index contributed by atoms with van der Waals surface area (Å²) in [6.07, 6.45) is 6.61. The summed E-state index contributed by atoms with van der Waals surface area (Å²) in [6, 6.07) is 14.0. The van der Waals surface area contributed by atoms with Gasteiger partial charge in [0.05, 0.1) is 40.9 Å². The number of aromatic nitrogens is 4. The highest BCUT2D eigenvalue weighted by atomic mass is 16.5. The van der Waals surface area contributed by atoms with Gasteiger partial charge < -0.3 is 25.2 Å². The number of carbonyl (C=O) groups excluding carboxylic acids is 1. The zero-order chi connectivity index (χ0) is 28.7. The highest BCUT2D eigenvalue weighted by Crippen LogP contribution is 2.62. The van der Waals surface area contributed by atoms with Crippen molar-refractivity contribution in [3.05, 3.63) is 61.3 Å². The number of hydrogen-bond acceptors (Lipinski definition) is 8. The van der Waals surface area contributed by atoms with E-state index in [1.165, 1.54) is 25.3 Å². The van der Waals surface area contributed by atoms with Crippen LogP contribution in [0.25, 0.3) is 22.3 Å². The van der Waals surface area contributed by atoms with Crippen LogP contribution in [0.4, 0.5) is 23.0 Å². The predicted molar refractivity (Wildman–Crippen MR) is 163 cm³/mol. The number of para-hydroxylation sites is 1. The van der Waals surface area contributed by atoms with Gasteiger partial charge in [-0.3, -0.25) is 9.48 Å². The zero-order valence-electron chi connectivity index (χ0n) is 24.0. The number of nitrogens with zero attached hydrogens (tertiary/aromatic N) is 6. The molecule has 3 saturated carbocycles. The number of nitrogens with one attached hydrogen (secondary N) is 2. The Bertz CT molecular complexity index is 1610. The fourth-order valence-electron chi connectivity index (χ4n) is 5.89. The Morgan fingerprint density at radius 1 is 1.15 bits per heavy atom. The van der Waals surface area contributed by atoms with Gasteiger partial charge in [0.25, 0.3) is 0 Å². The number of amides is 1. The number of anilines is 4. The largest absolute Gasteiger partial charge is 0.494 e. The smallest absolute Gasteiger partial charge is 0.247 e. The third-order valence-corrected chi connectivity index (χ3v) is 8.24. The van der Waals surface area contributed by atoms with E-state index in [1.807, 2.05) is 45.4 Å². The quantitative estimate of drug-likeness (QED) is 0.254. The van der Waals surface area contributed by atoms with Crippen molar-refractivity contribution >= 4 is 39.8 Å². The molecule has 10 nitrogen and oxygen atoms in total. The van der Waals surface area contributed by atoms with Crippen molar-refractivity contribution in [1.82, 2.24) is 24.6 Å². The number of benzene rings is 2. The number of ether oxygens (including phenoxy) is 1. The molecule has 3 fully saturated rings. The third kappa shape index (κ3) is 4.88. The van der Waals surface area contributed by atoms with E-state index < -0.39 is 0 Å². The Balaban J connectivity index is 1.34. The first-order valence-corrected chi connectivity index (χ1v) is 13.9. The van der Waals surface area contributed by atoms with Crippen molar-refractivity contribution in [2.24, 2.45) is 5.92 Å². The van der Waals surface area contributed by atoms with Gasteiger partial charge in [-0.25, -0.2) is 9.97 Å². The standard InChI is InChI=1S/C31H36N8O2/c1-6-28(40)33-23-15-24(27(41-5)16-26(23)38(4)14-13-37(2)3)35-30-32-12-11-22(34-30)29-21-9-7-8-10-25(21)39(36-29)31-17-20(18-31)19-31/h6-12,15-16,20H,1,13-14,17-19H2,2-5H3,(H,33,40)(H,32,34,35). The molecule has 0 aliphatic heterocycles. The van der Waals surface area contributed by atoms with Gasteiger partial charge in [0.1, 0.15) is 11.4 Å². The molecule has 2 aromatic heterocycles. The molecule has 2 N–H and O–H groups in total. The summed E-state index contributed by atoms with van der Waals surface area (Å²) < 4.78 is 7.99. The molecule has 0 saturated heterocycles. The minimum Gasteiger partial charge on any atom is -0.494 e. The predicted octanol–water partition coefficient (Wildman–Crippen LogP) is 4.88. The maximum atomic E-state index is 12.3. The summed E-state index contributed by atoms with van der Waals surface area (Å²) in [5.74, 6) is 1.56. The first-order chi connectivity index (χ1) is 19.8. The molecule has 3 aliphatic carbocycles. The Morgan fingerprint density at radius 3 is 2.61 bits per heavy atom. The first-order valence-electron chi connectivity index (χ1n) is 13.9. The van der Waals surface area contributed by atoms with Gasteiger partial charge in [0.15, 0.2) is 0 Å². The van der Waals surface area contributed by atoms with E-state index >= 15 is 0 Å². The van der Waals surface area contributed by atoms with Crippen LogP contribution in [0, 0.1) is 5.92 Å². The SMILES string of the molecule is C=CC(=O)Nc1cc(Nc2nccc(-c3nn(C45CC(C4)C5)c4ccccc34)n2)c(OC)cc1N(C)CCN(C)C. The van der Waals surface area contributed by atoms with Crippen molar-refractivity contribution in [2.75, 3.05) is 56.9 Å². The average molecular weight is 553 g/mol. The number of methoxy groups -OCH3 is 1. The van der Waals surface area contributed by atoms with Crippen molar-refractivity contribution in [3.63, 3.8) is 0 Å². The second kappa shape index (κ2) is 10.5. The highest BCUT2D eigenvalue weighted by Gasteiger charge is 2.59. The summed E-state index contributed by atoms with van der Waals surface area (Å²) in [5, 5.41) is 12.4. The zero-order valence-corrected chi connectivity index (χ0v) is 24.0. The number of fused-ring (bicyclic) bond motifs is 1. The molecule has 0 unspecified atom stereocenters. The summed E-state index contributed by atoms with van der Waals surface area (Å²) in [7, 11) is 7.66. The normalized spacial score (nSPS) is 18.9. The average Bonchev–Trinajstić information content (AvgIpc) is 3.29. The van der Waals surface area contributed by atoms with E-state index in [9.17, 15) is 4.79 Å². The Morgan fingerprint density at radius 2 is 1.93 bits per heavy atom. The Labute approximate surface area is 240 Å². The number of likely N-dealkylation sites (N-methyl/N-ethyl adjacent to an activating group) is 2. The van der Waals surface area contributed by atoms with Crippen LogP contribution < -0.4 is 20.3 Å². The monoisotopic (exact) mass is 552 g/mol. The van der Waals surface area contributed by atoms with E-state index in [-0.39, 0.29) is 11.4 Å². The molecule has 3 aliphatic rings. The number of hydrogen-bond donors (Lipinski definition) is 2. The van der Waals surface area contributed by atoms with Crippen LogP contribution in [0.1, 0.15) is 19.3 Å². The van der Waals surface area contributed by atoms with E-state index in [0.717, 1.165) is 47.0 Å². The third-order valence-electron chi connectivity index (χ3n) is 8.24. The molecule has 7 rings (SSSR count). The van der Waals surface area contributed by atoms with Gasteiger partial charge >= 0.3 is 0 Å². The van der Waals surface area contributed by atoms with Crippen molar-refractivity contribution in [3.8, 4) is 17.1 Å². The first kappa shape index (κ1) is 26.8. The fourth-order valence-corrected chi connectivity index (χ4v) is 5.89. The summed E-state index contributed by atoms with van der Waals surface area (Å²) >= 11 is 0. The molecule has 2 bridgehead atoms. The van der Waals surface area contributed by atoms with Crippen LogP contribution in [0.15, 0.2) is 61.3 Å². The van der Waals surface area contributed by atoms with Gasteiger partial charge in [-0.05, 0) is 63.6 Å². The van der Waals surface area contributed by atoms with Crippen molar-refractivity contribution in [1.29, 1.82) is 0 Å². The van der Waals surface area contributed by atoms with Crippen LogP contribution in [-0.2, 0) is 10.3 Å². The van der Waals surface area contributed by atoms with Gasteiger partial charge in [0, 0.05) is 37.8 Å². The second-order valence-corrected chi connectivity index (χ2v) is 11.4. The lowest BCUT2D eigenvalue weighted by atomic mass is 9.50. The lowest BCUT2D eigenvalue weighted by Gasteiger charge is -2.61. The maximum Gasteiger partial charge on any atom is 0.247 e. The molecule has 2 aromatic carbocycles. The number of rotatable bonds is 11. The van der Waals surface area contributed by atoms with Gasteiger partial charge in [-0.2, -0.15) is 5.10 Å². The topological polar surface area (TPSA) is 100 Å². The summed E-state index contributed by atoms with van der Waals surface area (Å²) in [5.41, 5.74) is 4.97.